The number of rotatable bonds is 5. The van der Waals surface area contributed by atoms with E-state index in [1.54, 1.807) is 0 Å². The summed E-state index contributed by atoms with van der Waals surface area (Å²) < 4.78 is 0. The van der Waals surface area contributed by atoms with Crippen LogP contribution in [-0.2, 0) is 4.79 Å². The van der Waals surface area contributed by atoms with E-state index in [1.165, 1.54) is 19.3 Å². The van der Waals surface area contributed by atoms with Gasteiger partial charge in [-0.25, -0.2) is 0 Å². The van der Waals surface area contributed by atoms with Crippen molar-refractivity contribution < 1.29 is 4.79 Å². The van der Waals surface area contributed by atoms with Crippen LogP contribution in [-0.4, -0.2) is 17.3 Å². The molecule has 88 valence electrons. The van der Waals surface area contributed by atoms with Gasteiger partial charge in [-0.2, -0.15) is 0 Å². The van der Waals surface area contributed by atoms with Crippen LogP contribution in [0, 0.1) is 11.8 Å². The number of carbonyl (C=O) groups excluding carboxylic acids is 1. The topological polar surface area (TPSA) is 29.1 Å². The molecule has 0 aromatic heterocycles. The number of halogens is 1. The highest BCUT2D eigenvalue weighted by Crippen LogP contribution is 2.30. The highest BCUT2D eigenvalue weighted by molar-refractivity contribution is 9.09. The number of alkyl halides is 1. The van der Waals surface area contributed by atoms with Crippen molar-refractivity contribution in [1.29, 1.82) is 0 Å². The van der Waals surface area contributed by atoms with Gasteiger partial charge in [-0.1, -0.05) is 42.6 Å². The average Bonchev–Trinajstić information content (AvgIpc) is 2.61. The summed E-state index contributed by atoms with van der Waals surface area (Å²) in [7, 11) is 0. The van der Waals surface area contributed by atoms with Gasteiger partial charge in [0.2, 0.25) is 5.91 Å². The average molecular weight is 276 g/mol. The molecule has 1 rings (SSSR count). The van der Waals surface area contributed by atoms with Gasteiger partial charge in [0.25, 0.3) is 0 Å². The summed E-state index contributed by atoms with van der Waals surface area (Å²) in [6.45, 7) is 4.98. The maximum Gasteiger partial charge on any atom is 0.222 e. The van der Waals surface area contributed by atoms with Crippen LogP contribution in [0.3, 0.4) is 0 Å². The Hall–Kier alpha value is -0.0500. The van der Waals surface area contributed by atoms with Gasteiger partial charge in [-0.05, 0) is 25.2 Å². The maximum absolute atomic E-state index is 11.7. The zero-order valence-electron chi connectivity index (χ0n) is 9.76. The normalized spacial score (nSPS) is 27.7. The third-order valence-electron chi connectivity index (χ3n) is 3.27. The summed E-state index contributed by atoms with van der Waals surface area (Å²) >= 11 is 3.67. The number of nitrogens with one attached hydrogen (secondary N) is 1. The Labute approximate surface area is 101 Å². The first kappa shape index (κ1) is 13.0. The molecule has 0 bridgehead atoms. The fraction of sp³-hybridized carbons (Fsp3) is 0.917. The molecule has 1 fully saturated rings. The maximum atomic E-state index is 11.7. The third kappa shape index (κ3) is 4.13. The summed E-state index contributed by atoms with van der Waals surface area (Å²) in [5.74, 6) is 1.04. The lowest BCUT2D eigenvalue weighted by Gasteiger charge is -2.17. The second-order valence-corrected chi connectivity index (χ2v) is 5.82. The van der Waals surface area contributed by atoms with Gasteiger partial charge >= 0.3 is 0 Å². The van der Waals surface area contributed by atoms with Gasteiger partial charge in [-0.3, -0.25) is 4.79 Å². The van der Waals surface area contributed by atoms with E-state index in [0.29, 0.717) is 10.7 Å². The Morgan fingerprint density at radius 1 is 1.53 bits per heavy atom. The summed E-state index contributed by atoms with van der Waals surface area (Å²) in [4.78, 5) is 12.3. The zero-order valence-corrected chi connectivity index (χ0v) is 11.3. The molecule has 3 atom stereocenters. The largest absolute Gasteiger partial charge is 0.356 e. The zero-order chi connectivity index (χ0) is 11.3. The lowest BCUT2D eigenvalue weighted by atomic mass is 10.0. The smallest absolute Gasteiger partial charge is 0.222 e. The summed E-state index contributed by atoms with van der Waals surface area (Å²) in [6.07, 6.45) is 5.87. The highest BCUT2D eigenvalue weighted by atomic mass is 79.9. The first-order chi connectivity index (χ1) is 7.15. The quantitative estimate of drug-likeness (QED) is 0.768. The molecule has 1 aliphatic rings. The third-order valence-corrected chi connectivity index (χ3v) is 4.48. The van der Waals surface area contributed by atoms with Crippen LogP contribution < -0.4 is 5.32 Å². The second-order valence-electron chi connectivity index (χ2n) is 4.64. The van der Waals surface area contributed by atoms with Crippen molar-refractivity contribution in [3.8, 4) is 0 Å². The number of amides is 1. The van der Waals surface area contributed by atoms with Crippen LogP contribution in [0.2, 0.25) is 0 Å². The molecule has 2 nitrogen and oxygen atoms in total. The summed E-state index contributed by atoms with van der Waals surface area (Å²) in [5, 5.41) is 3.07. The summed E-state index contributed by atoms with van der Waals surface area (Å²) in [5.41, 5.74) is 0. The van der Waals surface area contributed by atoms with E-state index < -0.39 is 0 Å². The molecule has 0 aromatic carbocycles. The van der Waals surface area contributed by atoms with E-state index in [1.807, 2.05) is 6.92 Å². The first-order valence-electron chi connectivity index (χ1n) is 6.07. The number of hydrogen-bond donors (Lipinski definition) is 1. The van der Waals surface area contributed by atoms with Crippen LogP contribution in [0.4, 0.5) is 0 Å². The molecule has 15 heavy (non-hydrogen) atoms. The molecule has 0 heterocycles. The molecule has 0 radical (unpaired) electrons. The summed E-state index contributed by atoms with van der Waals surface area (Å²) in [6, 6.07) is 0. The predicted octanol–water partition coefficient (Wildman–Crippen LogP) is 3.10. The monoisotopic (exact) mass is 275 g/mol. The van der Waals surface area contributed by atoms with E-state index >= 15 is 0 Å². The second kappa shape index (κ2) is 6.51. The van der Waals surface area contributed by atoms with Crippen molar-refractivity contribution in [2.24, 2.45) is 11.8 Å². The Kier molecular flexibility index (Phi) is 5.65. The van der Waals surface area contributed by atoms with E-state index in [0.717, 1.165) is 19.4 Å². The van der Waals surface area contributed by atoms with E-state index in [4.69, 9.17) is 0 Å². The predicted molar refractivity (Wildman–Crippen MR) is 67.1 cm³/mol. The minimum absolute atomic E-state index is 0.171. The molecule has 1 amide bonds. The van der Waals surface area contributed by atoms with Gasteiger partial charge in [0.15, 0.2) is 0 Å². The molecule has 0 saturated heterocycles. The van der Waals surface area contributed by atoms with Crippen LogP contribution in [0.5, 0.6) is 0 Å². The van der Waals surface area contributed by atoms with Gasteiger partial charge in [0.1, 0.15) is 0 Å². The van der Waals surface area contributed by atoms with Crippen LogP contribution in [0.15, 0.2) is 0 Å². The molecule has 3 heteroatoms. The SMILES string of the molecule is CCCC(C)C(=O)NCC1CCCC1Br. The van der Waals surface area contributed by atoms with Crippen molar-refractivity contribution in [3.63, 3.8) is 0 Å². The molecule has 1 N–H and O–H groups in total. The lowest BCUT2D eigenvalue weighted by Crippen LogP contribution is -2.34. The standard InChI is InChI=1S/C12H22BrNO/c1-3-5-9(2)12(15)14-8-10-6-4-7-11(10)13/h9-11H,3-8H2,1-2H3,(H,14,15). The van der Waals surface area contributed by atoms with Crippen molar-refractivity contribution in [2.45, 2.75) is 50.8 Å². The Bertz CT molecular complexity index is 208. The molecule has 3 unspecified atom stereocenters. The molecular weight excluding hydrogens is 254 g/mol. The lowest BCUT2D eigenvalue weighted by molar-refractivity contribution is -0.124. The van der Waals surface area contributed by atoms with Crippen LogP contribution >= 0.6 is 15.9 Å². The molecule has 0 aliphatic heterocycles. The van der Waals surface area contributed by atoms with Crippen molar-refractivity contribution >= 4 is 21.8 Å². The van der Waals surface area contributed by atoms with E-state index in [2.05, 4.69) is 28.2 Å². The molecule has 1 saturated carbocycles. The van der Waals surface area contributed by atoms with Gasteiger partial charge in [0, 0.05) is 17.3 Å². The van der Waals surface area contributed by atoms with Gasteiger partial charge in [0.05, 0.1) is 0 Å². The van der Waals surface area contributed by atoms with Crippen LogP contribution in [0.1, 0.15) is 46.0 Å². The fourth-order valence-corrected chi connectivity index (χ4v) is 2.97. The Balaban J connectivity index is 2.21. The molecule has 1 aliphatic carbocycles. The minimum atomic E-state index is 0.171. The Morgan fingerprint density at radius 2 is 2.27 bits per heavy atom. The fourth-order valence-electron chi connectivity index (χ4n) is 2.19. The van der Waals surface area contributed by atoms with Crippen molar-refractivity contribution in [1.82, 2.24) is 5.32 Å². The van der Waals surface area contributed by atoms with Gasteiger partial charge < -0.3 is 5.32 Å². The first-order valence-corrected chi connectivity index (χ1v) is 6.98. The van der Waals surface area contributed by atoms with Crippen LogP contribution in [0.25, 0.3) is 0 Å². The minimum Gasteiger partial charge on any atom is -0.356 e. The highest BCUT2D eigenvalue weighted by Gasteiger charge is 2.25. The van der Waals surface area contributed by atoms with Crippen molar-refractivity contribution in [3.05, 3.63) is 0 Å². The Morgan fingerprint density at radius 3 is 2.80 bits per heavy atom. The number of hydrogen-bond acceptors (Lipinski definition) is 1. The number of carbonyl (C=O) groups is 1. The molecule has 0 spiro atoms. The molecular formula is C12H22BrNO. The van der Waals surface area contributed by atoms with E-state index in [-0.39, 0.29) is 11.8 Å². The van der Waals surface area contributed by atoms with Crippen molar-refractivity contribution in [2.75, 3.05) is 6.54 Å². The van der Waals surface area contributed by atoms with E-state index in [9.17, 15) is 4.79 Å². The molecule has 0 aromatic rings. The van der Waals surface area contributed by atoms with Gasteiger partial charge in [-0.15, -0.1) is 0 Å².